The van der Waals surface area contributed by atoms with Crippen LogP contribution in [0.15, 0.2) is 24.3 Å². The van der Waals surface area contributed by atoms with Crippen molar-refractivity contribution in [3.05, 3.63) is 39.9 Å². The van der Waals surface area contributed by atoms with Crippen molar-refractivity contribution in [3.8, 4) is 0 Å². The van der Waals surface area contributed by atoms with E-state index in [1.54, 1.807) is 20.8 Å². The summed E-state index contributed by atoms with van der Waals surface area (Å²) in [5, 5.41) is 20.1. The fourth-order valence-corrected chi connectivity index (χ4v) is 1.85. The summed E-state index contributed by atoms with van der Waals surface area (Å²) in [6.45, 7) is 5.26. The molecule has 0 bridgehead atoms. The van der Waals surface area contributed by atoms with Crippen molar-refractivity contribution in [2.24, 2.45) is 0 Å². The molecule has 1 aromatic rings. The molecule has 1 atom stereocenters. The van der Waals surface area contributed by atoms with Gasteiger partial charge in [0.25, 0.3) is 5.69 Å². The molecule has 1 aromatic carbocycles. The predicted molar refractivity (Wildman–Crippen MR) is 78.1 cm³/mol. The predicted octanol–water partition coefficient (Wildman–Crippen LogP) is 3.08. The molecule has 0 saturated heterocycles. The topological polar surface area (TPSA) is 89.7 Å². The van der Waals surface area contributed by atoms with E-state index in [1.807, 2.05) is 0 Å². The van der Waals surface area contributed by atoms with Gasteiger partial charge < -0.3 is 9.84 Å². The minimum Gasteiger partial charge on any atom is -0.459 e. The van der Waals surface area contributed by atoms with Crippen molar-refractivity contribution in [2.75, 3.05) is 0 Å². The molecule has 0 aliphatic rings. The molecule has 1 rings (SSSR count). The maximum atomic E-state index is 11.9. The number of hydrogen-bond donors (Lipinski definition) is 1. The van der Waals surface area contributed by atoms with E-state index in [-0.39, 0.29) is 17.4 Å². The molecule has 0 heterocycles. The molecular formula is C15H21NO5. The van der Waals surface area contributed by atoms with Crippen LogP contribution in [0.1, 0.15) is 50.4 Å². The molecule has 0 aromatic heterocycles. The Hall–Kier alpha value is -1.95. The lowest BCUT2D eigenvalue weighted by Crippen LogP contribution is -2.20. The minimum absolute atomic E-state index is 0.0650. The van der Waals surface area contributed by atoms with E-state index in [9.17, 15) is 20.0 Å². The van der Waals surface area contributed by atoms with Crippen LogP contribution in [0.25, 0.3) is 0 Å². The number of carbonyl (C=O) groups excluding carboxylic acids is 1. The molecule has 0 saturated carbocycles. The largest absolute Gasteiger partial charge is 0.459 e. The minimum atomic E-state index is -0.720. The Morgan fingerprint density at radius 1 is 1.38 bits per heavy atom. The molecule has 1 unspecified atom stereocenters. The van der Waals surface area contributed by atoms with Crippen molar-refractivity contribution in [2.45, 2.75) is 51.7 Å². The zero-order chi connectivity index (χ0) is 16.0. The molecule has 21 heavy (non-hydrogen) atoms. The third-order valence-corrected chi connectivity index (χ3v) is 3.02. The van der Waals surface area contributed by atoms with Crippen LogP contribution in [0.5, 0.6) is 0 Å². The van der Waals surface area contributed by atoms with Crippen LogP contribution < -0.4 is 0 Å². The third-order valence-electron chi connectivity index (χ3n) is 3.02. The number of ether oxygens (including phenoxy) is 1. The monoisotopic (exact) mass is 295 g/mol. The molecule has 0 aliphatic carbocycles. The Bertz CT molecular complexity index is 490. The number of benzene rings is 1. The second-order valence-electron chi connectivity index (χ2n) is 5.72. The molecule has 0 amide bonds. The Morgan fingerprint density at radius 3 is 2.43 bits per heavy atom. The van der Waals surface area contributed by atoms with E-state index in [2.05, 4.69) is 0 Å². The van der Waals surface area contributed by atoms with E-state index >= 15 is 0 Å². The number of aliphatic hydroxyl groups is 1. The summed E-state index contributed by atoms with van der Waals surface area (Å²) in [4.78, 5) is 21.9. The van der Waals surface area contributed by atoms with Crippen LogP contribution in [0.4, 0.5) is 5.69 Å². The maximum Gasteiger partial charge on any atom is 0.338 e. The Labute approximate surface area is 123 Å². The molecule has 0 fully saturated rings. The van der Waals surface area contributed by atoms with Gasteiger partial charge in [0.05, 0.1) is 22.2 Å². The van der Waals surface area contributed by atoms with E-state index in [0.29, 0.717) is 12.8 Å². The summed E-state index contributed by atoms with van der Waals surface area (Å²) in [6, 6.07) is 5.30. The highest BCUT2D eigenvalue weighted by molar-refractivity contribution is 5.89. The molecular weight excluding hydrogens is 274 g/mol. The second-order valence-corrected chi connectivity index (χ2v) is 5.72. The fourth-order valence-electron chi connectivity index (χ4n) is 1.85. The molecule has 6 nitrogen and oxygen atoms in total. The summed E-state index contributed by atoms with van der Waals surface area (Å²) in [6.07, 6.45) is 1.77. The van der Waals surface area contributed by atoms with Crippen LogP contribution in [-0.2, 0) is 4.74 Å². The van der Waals surface area contributed by atoms with Crippen molar-refractivity contribution in [1.82, 2.24) is 0 Å². The van der Waals surface area contributed by atoms with E-state index in [0.717, 1.165) is 6.42 Å². The summed E-state index contributed by atoms with van der Waals surface area (Å²) in [7, 11) is 0. The van der Waals surface area contributed by atoms with Gasteiger partial charge in [-0.25, -0.2) is 4.79 Å². The van der Waals surface area contributed by atoms with Gasteiger partial charge in [-0.05, 0) is 52.2 Å². The Morgan fingerprint density at radius 2 is 1.95 bits per heavy atom. The zero-order valence-electron chi connectivity index (χ0n) is 12.5. The number of carbonyl (C=O) groups is 1. The summed E-state index contributed by atoms with van der Waals surface area (Å²) >= 11 is 0. The van der Waals surface area contributed by atoms with Gasteiger partial charge in [0.2, 0.25) is 0 Å². The molecule has 116 valence electrons. The number of nitrogens with zero attached hydrogens (tertiary/aromatic N) is 1. The van der Waals surface area contributed by atoms with E-state index in [1.165, 1.54) is 24.3 Å². The molecule has 6 heteroatoms. The van der Waals surface area contributed by atoms with Crippen LogP contribution in [0.2, 0.25) is 0 Å². The summed E-state index contributed by atoms with van der Waals surface area (Å²) < 4.78 is 5.26. The standard InChI is InChI=1S/C15H21NO5/c1-11(5-4-10-15(2,3)18)21-14(17)12-6-8-13(9-7-12)16(19)20/h6-9,11,18H,4-5,10H2,1-3H3. The van der Waals surface area contributed by atoms with Crippen molar-refractivity contribution in [3.63, 3.8) is 0 Å². The number of rotatable bonds is 7. The normalized spacial score (nSPS) is 12.8. The average Bonchev–Trinajstić information content (AvgIpc) is 2.37. The van der Waals surface area contributed by atoms with Gasteiger partial charge >= 0.3 is 5.97 Å². The van der Waals surface area contributed by atoms with Crippen molar-refractivity contribution < 1.29 is 19.6 Å². The number of hydrogen-bond acceptors (Lipinski definition) is 5. The molecule has 1 N–H and O–H groups in total. The molecule has 0 spiro atoms. The lowest BCUT2D eigenvalue weighted by atomic mass is 10.0. The van der Waals surface area contributed by atoms with Gasteiger partial charge in [0, 0.05) is 12.1 Å². The van der Waals surface area contributed by atoms with E-state index < -0.39 is 16.5 Å². The second kappa shape index (κ2) is 7.17. The quantitative estimate of drug-likeness (QED) is 0.474. The van der Waals surface area contributed by atoms with Crippen LogP contribution in [-0.4, -0.2) is 27.7 Å². The first-order valence-electron chi connectivity index (χ1n) is 6.87. The van der Waals surface area contributed by atoms with Gasteiger partial charge in [0.15, 0.2) is 0 Å². The van der Waals surface area contributed by atoms with Gasteiger partial charge in [-0.1, -0.05) is 0 Å². The van der Waals surface area contributed by atoms with Gasteiger partial charge in [-0.2, -0.15) is 0 Å². The van der Waals surface area contributed by atoms with E-state index in [4.69, 9.17) is 4.74 Å². The highest BCUT2D eigenvalue weighted by Gasteiger charge is 2.16. The zero-order valence-corrected chi connectivity index (χ0v) is 12.5. The number of non-ortho nitro benzene ring substituents is 1. The Balaban J connectivity index is 2.47. The summed E-state index contributed by atoms with van der Waals surface area (Å²) in [5.74, 6) is -0.499. The van der Waals surface area contributed by atoms with Crippen molar-refractivity contribution in [1.29, 1.82) is 0 Å². The first-order chi connectivity index (χ1) is 9.69. The van der Waals surface area contributed by atoms with Gasteiger partial charge in [-0.3, -0.25) is 10.1 Å². The lowest BCUT2D eigenvalue weighted by molar-refractivity contribution is -0.384. The first kappa shape index (κ1) is 17.1. The van der Waals surface area contributed by atoms with Crippen LogP contribution >= 0.6 is 0 Å². The highest BCUT2D eigenvalue weighted by Crippen LogP contribution is 2.16. The van der Waals surface area contributed by atoms with Crippen LogP contribution in [0.3, 0.4) is 0 Å². The first-order valence-corrected chi connectivity index (χ1v) is 6.87. The van der Waals surface area contributed by atoms with Crippen LogP contribution in [0, 0.1) is 10.1 Å². The van der Waals surface area contributed by atoms with Gasteiger partial charge in [0.1, 0.15) is 0 Å². The lowest BCUT2D eigenvalue weighted by Gasteiger charge is -2.18. The van der Waals surface area contributed by atoms with Crippen molar-refractivity contribution >= 4 is 11.7 Å². The Kier molecular flexibility index (Phi) is 5.84. The molecule has 0 aliphatic heterocycles. The number of nitro benzene ring substituents is 1. The SMILES string of the molecule is CC(CCCC(C)(C)O)OC(=O)c1ccc([N+](=O)[O-])cc1. The maximum absolute atomic E-state index is 11.9. The highest BCUT2D eigenvalue weighted by atomic mass is 16.6. The average molecular weight is 295 g/mol. The fraction of sp³-hybridized carbons (Fsp3) is 0.533. The molecule has 0 radical (unpaired) electrons. The smallest absolute Gasteiger partial charge is 0.338 e. The third kappa shape index (κ3) is 6.35. The summed E-state index contributed by atoms with van der Waals surface area (Å²) in [5.41, 5.74) is -0.498. The number of esters is 1. The number of nitro groups is 1. The van der Waals surface area contributed by atoms with Gasteiger partial charge in [-0.15, -0.1) is 0 Å².